The zero-order valence-electron chi connectivity index (χ0n) is 19.6. The van der Waals surface area contributed by atoms with Crippen molar-refractivity contribution >= 4 is 27.8 Å². The molecule has 0 spiro atoms. The molecule has 9 heteroatoms. The van der Waals surface area contributed by atoms with Crippen molar-refractivity contribution in [3.8, 4) is 0 Å². The lowest BCUT2D eigenvalue weighted by Gasteiger charge is -2.33. The predicted octanol–water partition coefficient (Wildman–Crippen LogP) is 2.30. The van der Waals surface area contributed by atoms with Crippen LogP contribution in [0.25, 0.3) is 0 Å². The van der Waals surface area contributed by atoms with Gasteiger partial charge in [0, 0.05) is 45.0 Å². The van der Waals surface area contributed by atoms with E-state index in [4.69, 9.17) is 0 Å². The fourth-order valence-corrected chi connectivity index (χ4v) is 5.19. The molecule has 2 aromatic carbocycles. The second-order valence-electron chi connectivity index (χ2n) is 8.05. The highest BCUT2D eigenvalue weighted by atomic mass is 32.2. The van der Waals surface area contributed by atoms with Gasteiger partial charge in [-0.05, 0) is 50.6 Å². The molecule has 178 valence electrons. The third kappa shape index (κ3) is 6.63. The number of anilines is 1. The maximum atomic E-state index is 12.8. The summed E-state index contributed by atoms with van der Waals surface area (Å²) < 4.78 is 27.1. The SMILES string of the molecule is CCN(CC)c1ccc(C=NNC(=O)CN2CCN(S(=O)(=O)c3ccc(C)cc3)CC2)cc1. The van der Waals surface area contributed by atoms with Gasteiger partial charge in [-0.15, -0.1) is 0 Å². The number of carbonyl (C=O) groups is 1. The maximum absolute atomic E-state index is 12.8. The molecule has 33 heavy (non-hydrogen) atoms. The van der Waals surface area contributed by atoms with Crippen LogP contribution in [0.3, 0.4) is 0 Å². The molecule has 3 rings (SSSR count). The first kappa shape index (κ1) is 24.9. The molecule has 1 fully saturated rings. The molecule has 1 amide bonds. The summed E-state index contributed by atoms with van der Waals surface area (Å²) in [6, 6.07) is 14.9. The maximum Gasteiger partial charge on any atom is 0.254 e. The standard InChI is InChI=1S/C24H33N5O3S/c1-4-28(5-2)22-10-8-21(9-11-22)18-25-26-24(30)19-27-14-16-29(17-15-27)33(31,32)23-12-6-20(3)7-13-23/h6-13,18H,4-5,14-17,19H2,1-3H3,(H,26,30). The molecule has 0 radical (unpaired) electrons. The molecule has 1 saturated heterocycles. The van der Waals surface area contributed by atoms with Crippen molar-refractivity contribution in [3.05, 3.63) is 59.7 Å². The number of benzene rings is 2. The summed E-state index contributed by atoms with van der Waals surface area (Å²) in [5, 5.41) is 4.05. The Kier molecular flexibility index (Phi) is 8.60. The quantitative estimate of drug-likeness (QED) is 0.448. The van der Waals surface area contributed by atoms with E-state index in [0.29, 0.717) is 31.1 Å². The van der Waals surface area contributed by atoms with E-state index >= 15 is 0 Å². The van der Waals surface area contributed by atoms with Crippen LogP contribution < -0.4 is 10.3 Å². The van der Waals surface area contributed by atoms with Crippen LogP contribution in [0.5, 0.6) is 0 Å². The van der Waals surface area contributed by atoms with Gasteiger partial charge in [-0.25, -0.2) is 13.8 Å². The number of rotatable bonds is 9. The van der Waals surface area contributed by atoms with Crippen molar-refractivity contribution in [2.45, 2.75) is 25.7 Å². The molecule has 0 unspecified atom stereocenters. The second kappa shape index (κ2) is 11.4. The summed E-state index contributed by atoms with van der Waals surface area (Å²) in [5.74, 6) is -0.221. The number of nitrogens with zero attached hydrogens (tertiary/aromatic N) is 4. The average molecular weight is 472 g/mol. The van der Waals surface area contributed by atoms with Gasteiger partial charge in [0.2, 0.25) is 10.0 Å². The molecule has 0 saturated carbocycles. The van der Waals surface area contributed by atoms with E-state index in [1.807, 2.05) is 36.1 Å². The van der Waals surface area contributed by atoms with Crippen LogP contribution in [0.1, 0.15) is 25.0 Å². The van der Waals surface area contributed by atoms with Crippen LogP contribution in [-0.2, 0) is 14.8 Å². The monoisotopic (exact) mass is 471 g/mol. The van der Waals surface area contributed by atoms with Crippen LogP contribution >= 0.6 is 0 Å². The fourth-order valence-electron chi connectivity index (χ4n) is 3.76. The normalized spacial score (nSPS) is 15.6. The molecule has 1 heterocycles. The molecule has 0 atom stereocenters. The molecule has 0 aliphatic carbocycles. The summed E-state index contributed by atoms with van der Waals surface area (Å²) >= 11 is 0. The Hall–Kier alpha value is -2.75. The summed E-state index contributed by atoms with van der Waals surface area (Å²) in [5.41, 5.74) is 5.64. The minimum Gasteiger partial charge on any atom is -0.372 e. The number of hydrogen-bond donors (Lipinski definition) is 1. The predicted molar refractivity (Wildman–Crippen MR) is 132 cm³/mol. The lowest BCUT2D eigenvalue weighted by Crippen LogP contribution is -2.50. The molecule has 2 aromatic rings. The highest BCUT2D eigenvalue weighted by Crippen LogP contribution is 2.18. The lowest BCUT2D eigenvalue weighted by molar-refractivity contribution is -0.122. The van der Waals surface area contributed by atoms with Crippen LogP contribution in [0.4, 0.5) is 5.69 Å². The third-order valence-electron chi connectivity index (χ3n) is 5.78. The van der Waals surface area contributed by atoms with Crippen molar-refractivity contribution in [1.29, 1.82) is 0 Å². The van der Waals surface area contributed by atoms with E-state index in [-0.39, 0.29) is 12.5 Å². The Labute approximate surface area is 196 Å². The van der Waals surface area contributed by atoms with Gasteiger partial charge in [0.25, 0.3) is 5.91 Å². The minimum atomic E-state index is -3.51. The van der Waals surface area contributed by atoms with Crippen molar-refractivity contribution in [2.24, 2.45) is 5.10 Å². The van der Waals surface area contributed by atoms with Gasteiger partial charge in [0.15, 0.2) is 0 Å². The molecular weight excluding hydrogens is 438 g/mol. The van der Waals surface area contributed by atoms with Crippen molar-refractivity contribution in [1.82, 2.24) is 14.6 Å². The Bertz CT molecular complexity index is 1040. The van der Waals surface area contributed by atoms with Crippen molar-refractivity contribution < 1.29 is 13.2 Å². The minimum absolute atomic E-state index is 0.177. The number of sulfonamides is 1. The first-order valence-corrected chi connectivity index (χ1v) is 12.7. The number of carbonyl (C=O) groups excluding carboxylic acids is 1. The second-order valence-corrected chi connectivity index (χ2v) is 9.99. The third-order valence-corrected chi connectivity index (χ3v) is 7.69. The van der Waals surface area contributed by atoms with E-state index in [1.165, 1.54) is 4.31 Å². The molecule has 1 aliphatic rings. The van der Waals surface area contributed by atoms with Crippen molar-refractivity contribution in [2.75, 3.05) is 50.7 Å². The van der Waals surface area contributed by atoms with Gasteiger partial charge in [0.1, 0.15) is 0 Å². The van der Waals surface area contributed by atoms with Gasteiger partial charge in [0.05, 0.1) is 17.7 Å². The number of amides is 1. The Morgan fingerprint density at radius 1 is 1.00 bits per heavy atom. The number of piperazine rings is 1. The molecule has 1 aliphatic heterocycles. The molecule has 0 bridgehead atoms. The highest BCUT2D eigenvalue weighted by molar-refractivity contribution is 7.89. The number of nitrogens with one attached hydrogen (secondary N) is 1. The fraction of sp³-hybridized carbons (Fsp3) is 0.417. The number of hydrazone groups is 1. The Morgan fingerprint density at radius 2 is 1.61 bits per heavy atom. The summed E-state index contributed by atoms with van der Waals surface area (Å²) in [6.45, 7) is 9.94. The zero-order valence-corrected chi connectivity index (χ0v) is 20.4. The van der Waals surface area contributed by atoms with Crippen LogP contribution in [-0.4, -0.2) is 75.6 Å². The average Bonchev–Trinajstić information content (AvgIpc) is 2.81. The van der Waals surface area contributed by atoms with Gasteiger partial charge >= 0.3 is 0 Å². The van der Waals surface area contributed by atoms with Gasteiger partial charge in [-0.3, -0.25) is 9.69 Å². The molecular formula is C24H33N5O3S. The molecule has 1 N–H and O–H groups in total. The van der Waals surface area contributed by atoms with Crippen LogP contribution in [0.15, 0.2) is 58.5 Å². The highest BCUT2D eigenvalue weighted by Gasteiger charge is 2.28. The van der Waals surface area contributed by atoms with Crippen molar-refractivity contribution in [3.63, 3.8) is 0 Å². The van der Waals surface area contributed by atoms with E-state index in [9.17, 15) is 13.2 Å². The summed E-state index contributed by atoms with van der Waals surface area (Å²) in [6.07, 6.45) is 1.62. The van der Waals surface area contributed by atoms with Gasteiger partial charge in [-0.1, -0.05) is 29.8 Å². The Morgan fingerprint density at radius 3 is 2.18 bits per heavy atom. The molecule has 0 aromatic heterocycles. The Balaban J connectivity index is 1.45. The van der Waals surface area contributed by atoms with E-state index in [1.54, 1.807) is 30.5 Å². The van der Waals surface area contributed by atoms with Gasteiger partial charge in [-0.2, -0.15) is 9.41 Å². The first-order chi connectivity index (χ1) is 15.8. The van der Waals surface area contributed by atoms with E-state index in [2.05, 4.69) is 29.3 Å². The topological polar surface area (TPSA) is 85.3 Å². The zero-order chi connectivity index (χ0) is 23.8. The smallest absolute Gasteiger partial charge is 0.254 e. The largest absolute Gasteiger partial charge is 0.372 e. The molecule has 8 nitrogen and oxygen atoms in total. The first-order valence-electron chi connectivity index (χ1n) is 11.3. The van der Waals surface area contributed by atoms with E-state index < -0.39 is 10.0 Å². The lowest BCUT2D eigenvalue weighted by atomic mass is 10.2. The number of aryl methyl sites for hydroxylation is 1. The van der Waals surface area contributed by atoms with Gasteiger partial charge < -0.3 is 4.90 Å². The van der Waals surface area contributed by atoms with Crippen LogP contribution in [0.2, 0.25) is 0 Å². The summed E-state index contributed by atoms with van der Waals surface area (Å²) in [7, 11) is -3.51. The number of hydrogen-bond acceptors (Lipinski definition) is 6. The van der Waals surface area contributed by atoms with Crippen LogP contribution in [0, 0.1) is 6.92 Å². The summed E-state index contributed by atoms with van der Waals surface area (Å²) in [4.78, 5) is 16.7. The van der Waals surface area contributed by atoms with E-state index in [0.717, 1.165) is 29.9 Å².